The van der Waals surface area contributed by atoms with E-state index in [4.69, 9.17) is 5.11 Å². The summed E-state index contributed by atoms with van der Waals surface area (Å²) in [4.78, 5) is 25.0. The molecule has 1 atom stereocenters. The van der Waals surface area contributed by atoms with Gasteiger partial charge in [0.25, 0.3) is 0 Å². The number of nitrogens with zero attached hydrogens (tertiary/aromatic N) is 1. The fourth-order valence-corrected chi connectivity index (χ4v) is 2.41. The molecule has 0 aliphatic carbocycles. The highest BCUT2D eigenvalue weighted by molar-refractivity contribution is 5.87. The Morgan fingerprint density at radius 2 is 1.83 bits per heavy atom. The number of rotatable bonds is 6. The molecule has 2 aromatic rings. The van der Waals surface area contributed by atoms with E-state index in [9.17, 15) is 14.0 Å². The van der Waals surface area contributed by atoms with Crippen LogP contribution in [-0.4, -0.2) is 36.0 Å². The minimum atomic E-state index is -0.996. The summed E-state index contributed by atoms with van der Waals surface area (Å²) in [5.41, 5.74) is 1.54. The van der Waals surface area contributed by atoms with E-state index in [1.807, 2.05) is 0 Å². The van der Waals surface area contributed by atoms with Crippen LogP contribution in [-0.2, 0) is 11.3 Å². The fraction of sp³-hybridized carbons (Fsp3) is 0.222. The Hall–Kier alpha value is -2.73. The van der Waals surface area contributed by atoms with Gasteiger partial charge < -0.3 is 10.4 Å². The number of aromatic carboxylic acids is 1. The minimum absolute atomic E-state index is 0.191. The molecule has 6 heteroatoms. The highest BCUT2D eigenvalue weighted by Crippen LogP contribution is 2.19. The molecule has 5 nitrogen and oxygen atoms in total. The highest BCUT2D eigenvalue weighted by Gasteiger charge is 2.23. The van der Waals surface area contributed by atoms with E-state index in [2.05, 4.69) is 5.32 Å². The SMILES string of the molecule is CN(C)[C@H](C(=O)NCc1ccc(C(=O)O)cc1)c1cccc(F)c1. The molecule has 0 aromatic heterocycles. The van der Waals surface area contributed by atoms with E-state index >= 15 is 0 Å². The lowest BCUT2D eigenvalue weighted by molar-refractivity contribution is -0.125. The Morgan fingerprint density at radius 1 is 1.17 bits per heavy atom. The molecule has 0 heterocycles. The van der Waals surface area contributed by atoms with Crippen molar-refractivity contribution in [2.24, 2.45) is 0 Å². The fourth-order valence-electron chi connectivity index (χ4n) is 2.41. The number of carboxylic acid groups (broad SMARTS) is 1. The third-order valence-electron chi connectivity index (χ3n) is 3.60. The average molecular weight is 330 g/mol. The van der Waals surface area contributed by atoms with E-state index in [1.54, 1.807) is 43.3 Å². The molecule has 0 spiro atoms. The third kappa shape index (κ3) is 4.39. The van der Waals surface area contributed by atoms with Crippen LogP contribution in [0.1, 0.15) is 27.5 Å². The summed E-state index contributed by atoms with van der Waals surface area (Å²) in [7, 11) is 3.49. The van der Waals surface area contributed by atoms with Gasteiger partial charge in [-0.05, 0) is 49.5 Å². The molecule has 24 heavy (non-hydrogen) atoms. The van der Waals surface area contributed by atoms with E-state index in [1.165, 1.54) is 24.3 Å². The van der Waals surface area contributed by atoms with Crippen LogP contribution in [0.2, 0.25) is 0 Å². The molecular formula is C18H19FN2O3. The molecule has 2 N–H and O–H groups in total. The molecule has 0 aliphatic heterocycles. The van der Waals surface area contributed by atoms with Crippen molar-refractivity contribution in [2.45, 2.75) is 12.6 Å². The molecule has 2 aromatic carbocycles. The van der Waals surface area contributed by atoms with Crippen molar-refractivity contribution < 1.29 is 19.1 Å². The van der Waals surface area contributed by atoms with Gasteiger partial charge >= 0.3 is 5.97 Å². The molecule has 0 unspecified atom stereocenters. The smallest absolute Gasteiger partial charge is 0.335 e. The number of likely N-dealkylation sites (N-methyl/N-ethyl adjacent to an activating group) is 1. The van der Waals surface area contributed by atoms with Gasteiger partial charge in [-0.1, -0.05) is 24.3 Å². The van der Waals surface area contributed by atoms with Crippen molar-refractivity contribution in [3.8, 4) is 0 Å². The lowest BCUT2D eigenvalue weighted by atomic mass is 10.0. The molecular weight excluding hydrogens is 311 g/mol. The number of benzene rings is 2. The average Bonchev–Trinajstić information content (AvgIpc) is 2.53. The van der Waals surface area contributed by atoms with Gasteiger partial charge in [0.15, 0.2) is 0 Å². The second-order valence-electron chi connectivity index (χ2n) is 5.64. The third-order valence-corrected chi connectivity index (χ3v) is 3.60. The van der Waals surface area contributed by atoms with Gasteiger partial charge in [0, 0.05) is 6.54 Å². The number of nitrogens with one attached hydrogen (secondary N) is 1. The maximum atomic E-state index is 13.4. The topological polar surface area (TPSA) is 69.6 Å². The zero-order valence-corrected chi connectivity index (χ0v) is 13.5. The van der Waals surface area contributed by atoms with E-state index in [0.29, 0.717) is 5.56 Å². The molecule has 126 valence electrons. The van der Waals surface area contributed by atoms with Crippen LogP contribution in [0.5, 0.6) is 0 Å². The molecule has 0 saturated heterocycles. The second kappa shape index (κ2) is 7.70. The highest BCUT2D eigenvalue weighted by atomic mass is 19.1. The first-order valence-electron chi connectivity index (χ1n) is 7.40. The van der Waals surface area contributed by atoms with Crippen molar-refractivity contribution in [3.63, 3.8) is 0 Å². The Labute approximate surface area is 139 Å². The molecule has 0 bridgehead atoms. The van der Waals surface area contributed by atoms with Gasteiger partial charge in [0.05, 0.1) is 5.56 Å². The summed E-state index contributed by atoms with van der Waals surface area (Å²) in [6.07, 6.45) is 0. The lowest BCUT2D eigenvalue weighted by Gasteiger charge is -2.24. The molecule has 0 fully saturated rings. The summed E-state index contributed by atoms with van der Waals surface area (Å²) in [6.45, 7) is 0.262. The first-order valence-corrected chi connectivity index (χ1v) is 7.40. The number of amides is 1. The van der Waals surface area contributed by atoms with Crippen LogP contribution in [0.15, 0.2) is 48.5 Å². The Bertz CT molecular complexity index is 729. The predicted octanol–water partition coefficient (Wildman–Crippen LogP) is 2.44. The van der Waals surface area contributed by atoms with Crippen molar-refractivity contribution in [2.75, 3.05) is 14.1 Å². The van der Waals surface area contributed by atoms with Gasteiger partial charge in [0.1, 0.15) is 11.9 Å². The molecule has 2 rings (SSSR count). The predicted molar refractivity (Wildman–Crippen MR) is 88.1 cm³/mol. The summed E-state index contributed by atoms with van der Waals surface area (Å²) in [6, 6.07) is 11.6. The van der Waals surface area contributed by atoms with Crippen LogP contribution < -0.4 is 5.32 Å². The quantitative estimate of drug-likeness (QED) is 0.853. The largest absolute Gasteiger partial charge is 0.478 e. The Morgan fingerprint density at radius 3 is 2.38 bits per heavy atom. The standard InChI is InChI=1S/C18H19FN2O3/c1-21(2)16(14-4-3-5-15(19)10-14)17(22)20-11-12-6-8-13(9-7-12)18(23)24/h3-10,16H,11H2,1-2H3,(H,20,22)(H,23,24)/t16-/m0/s1. The zero-order valence-electron chi connectivity index (χ0n) is 13.5. The van der Waals surface area contributed by atoms with Gasteiger partial charge in [0.2, 0.25) is 5.91 Å². The maximum absolute atomic E-state index is 13.4. The second-order valence-corrected chi connectivity index (χ2v) is 5.64. The first-order chi connectivity index (χ1) is 11.4. The summed E-state index contributed by atoms with van der Waals surface area (Å²) < 4.78 is 13.4. The van der Waals surface area contributed by atoms with Crippen LogP contribution in [0, 0.1) is 5.82 Å². The van der Waals surface area contributed by atoms with Crippen molar-refractivity contribution in [1.29, 1.82) is 0 Å². The van der Waals surface area contributed by atoms with Gasteiger partial charge in [-0.15, -0.1) is 0 Å². The molecule has 0 aliphatic rings. The summed E-state index contributed by atoms with van der Waals surface area (Å²) in [5.74, 6) is -1.64. The summed E-state index contributed by atoms with van der Waals surface area (Å²) >= 11 is 0. The summed E-state index contributed by atoms with van der Waals surface area (Å²) in [5, 5.41) is 11.7. The maximum Gasteiger partial charge on any atom is 0.335 e. The zero-order chi connectivity index (χ0) is 17.7. The number of halogens is 1. The number of carboxylic acids is 1. The Balaban J connectivity index is 2.07. The normalized spacial score (nSPS) is 12.0. The van der Waals surface area contributed by atoms with Crippen LogP contribution in [0.25, 0.3) is 0 Å². The van der Waals surface area contributed by atoms with Crippen molar-refractivity contribution in [3.05, 3.63) is 71.0 Å². The monoisotopic (exact) mass is 330 g/mol. The van der Waals surface area contributed by atoms with E-state index < -0.39 is 17.8 Å². The van der Waals surface area contributed by atoms with Gasteiger partial charge in [-0.3, -0.25) is 9.69 Å². The number of carbonyl (C=O) groups excluding carboxylic acids is 1. The van der Waals surface area contributed by atoms with Gasteiger partial charge in [-0.2, -0.15) is 0 Å². The van der Waals surface area contributed by atoms with E-state index in [-0.39, 0.29) is 18.0 Å². The van der Waals surface area contributed by atoms with Crippen molar-refractivity contribution >= 4 is 11.9 Å². The molecule has 1 amide bonds. The Kier molecular flexibility index (Phi) is 5.65. The minimum Gasteiger partial charge on any atom is -0.478 e. The molecule has 0 radical (unpaired) electrons. The van der Waals surface area contributed by atoms with Crippen LogP contribution in [0.4, 0.5) is 4.39 Å². The number of hydrogen-bond acceptors (Lipinski definition) is 3. The van der Waals surface area contributed by atoms with E-state index in [0.717, 1.165) is 5.56 Å². The van der Waals surface area contributed by atoms with Gasteiger partial charge in [-0.25, -0.2) is 9.18 Å². The van der Waals surface area contributed by atoms with Crippen LogP contribution >= 0.6 is 0 Å². The molecule has 0 saturated carbocycles. The number of carbonyl (C=O) groups is 2. The number of hydrogen-bond donors (Lipinski definition) is 2. The van der Waals surface area contributed by atoms with Crippen molar-refractivity contribution in [1.82, 2.24) is 10.2 Å². The first kappa shape index (κ1) is 17.6. The van der Waals surface area contributed by atoms with Crippen LogP contribution in [0.3, 0.4) is 0 Å². The lowest BCUT2D eigenvalue weighted by Crippen LogP contribution is -2.36.